The summed E-state index contributed by atoms with van der Waals surface area (Å²) in [6.07, 6.45) is 0.372. The van der Waals surface area contributed by atoms with E-state index >= 15 is 0 Å². The Labute approximate surface area is 264 Å². The van der Waals surface area contributed by atoms with Gasteiger partial charge >= 0.3 is 0 Å². The van der Waals surface area contributed by atoms with Crippen LogP contribution in [0.15, 0.2) is 66.7 Å². The standard InChI is InChI=1S/C34H34N6O6/c1-5-26-24(16-25(31(35)42)34(40-26)46-4)33(44)36-18(2)32(43)38-21-14-19(17-41)13-20(15-21)37-29-22-9-6-7-11-27(22)39-30-23(29)10-8-12-28(30)45-3/h6-16,18,41H,5,17H2,1-4H3,(H2,35,42)(H,36,44)(H,37,39)(H,38,43). The number of fused-ring (bicyclic) bond motifs is 2. The van der Waals surface area contributed by atoms with Crippen LogP contribution in [-0.4, -0.2) is 53.1 Å². The predicted molar refractivity (Wildman–Crippen MR) is 176 cm³/mol. The van der Waals surface area contributed by atoms with Crippen molar-refractivity contribution in [3.05, 3.63) is 89.1 Å². The molecule has 0 saturated heterocycles. The van der Waals surface area contributed by atoms with Crippen molar-refractivity contribution < 1.29 is 29.0 Å². The lowest BCUT2D eigenvalue weighted by Crippen LogP contribution is -2.42. The van der Waals surface area contributed by atoms with Crippen LogP contribution in [-0.2, 0) is 17.8 Å². The molecule has 5 rings (SSSR count). The van der Waals surface area contributed by atoms with Gasteiger partial charge in [0, 0.05) is 22.1 Å². The van der Waals surface area contributed by atoms with E-state index < -0.39 is 23.8 Å². The highest BCUT2D eigenvalue weighted by atomic mass is 16.5. The van der Waals surface area contributed by atoms with Gasteiger partial charge in [-0.05, 0) is 55.3 Å². The van der Waals surface area contributed by atoms with E-state index in [9.17, 15) is 19.5 Å². The highest BCUT2D eigenvalue weighted by molar-refractivity contribution is 6.10. The molecule has 3 amide bonds. The van der Waals surface area contributed by atoms with Gasteiger partial charge in [0.15, 0.2) is 0 Å². The molecule has 0 aliphatic rings. The number of rotatable bonds is 11. The lowest BCUT2D eigenvalue weighted by Gasteiger charge is -2.18. The molecule has 5 aromatic rings. The van der Waals surface area contributed by atoms with Crippen molar-refractivity contribution in [1.29, 1.82) is 0 Å². The first-order valence-corrected chi connectivity index (χ1v) is 14.5. The number of carbonyl (C=O) groups excluding carboxylic acids is 3. The summed E-state index contributed by atoms with van der Waals surface area (Å²) in [7, 11) is 2.95. The molecule has 6 N–H and O–H groups in total. The van der Waals surface area contributed by atoms with E-state index in [1.54, 1.807) is 32.2 Å². The summed E-state index contributed by atoms with van der Waals surface area (Å²) in [4.78, 5) is 47.4. The number of nitrogens with zero attached hydrogens (tertiary/aromatic N) is 2. The topological polar surface area (TPSA) is 178 Å². The number of primary amides is 1. The summed E-state index contributed by atoms with van der Waals surface area (Å²) in [6.45, 7) is 3.05. The van der Waals surface area contributed by atoms with Gasteiger partial charge in [-0.1, -0.05) is 37.3 Å². The molecule has 12 nitrogen and oxygen atoms in total. The Morgan fingerprint density at radius 2 is 1.65 bits per heavy atom. The van der Waals surface area contributed by atoms with Crippen molar-refractivity contribution in [3.8, 4) is 11.6 Å². The van der Waals surface area contributed by atoms with E-state index in [4.69, 9.17) is 20.2 Å². The second kappa shape index (κ2) is 13.5. The van der Waals surface area contributed by atoms with Crippen LogP contribution < -0.4 is 31.2 Å². The van der Waals surface area contributed by atoms with E-state index in [0.717, 1.165) is 22.0 Å². The summed E-state index contributed by atoms with van der Waals surface area (Å²) in [5.41, 5.74) is 9.68. The maximum absolute atomic E-state index is 13.3. The molecule has 0 fully saturated rings. The van der Waals surface area contributed by atoms with Crippen LogP contribution in [0.1, 0.15) is 45.8 Å². The van der Waals surface area contributed by atoms with Crippen LogP contribution in [0, 0.1) is 0 Å². The van der Waals surface area contributed by atoms with E-state index in [0.29, 0.717) is 40.3 Å². The lowest BCUT2D eigenvalue weighted by atomic mass is 10.1. The summed E-state index contributed by atoms with van der Waals surface area (Å²) < 4.78 is 10.7. The number of amides is 3. The third kappa shape index (κ3) is 6.37. The first-order valence-electron chi connectivity index (χ1n) is 14.5. The number of aliphatic hydroxyl groups excluding tert-OH is 1. The Balaban J connectivity index is 1.41. The van der Waals surface area contributed by atoms with Crippen molar-refractivity contribution >= 4 is 56.6 Å². The van der Waals surface area contributed by atoms with Crippen LogP contribution in [0.5, 0.6) is 11.6 Å². The van der Waals surface area contributed by atoms with Gasteiger partial charge in [-0.25, -0.2) is 9.97 Å². The normalized spacial score (nSPS) is 11.6. The largest absolute Gasteiger partial charge is 0.494 e. The minimum atomic E-state index is -0.980. The van der Waals surface area contributed by atoms with Gasteiger partial charge in [-0.2, -0.15) is 0 Å². The Hall–Kier alpha value is -5.75. The van der Waals surface area contributed by atoms with Crippen LogP contribution in [0.2, 0.25) is 0 Å². The average Bonchev–Trinajstić information content (AvgIpc) is 3.06. The number of hydrogen-bond acceptors (Lipinski definition) is 9. The van der Waals surface area contributed by atoms with Gasteiger partial charge in [0.05, 0.1) is 43.3 Å². The van der Waals surface area contributed by atoms with Gasteiger partial charge in [0.25, 0.3) is 11.8 Å². The molecular formula is C34H34N6O6. The molecule has 46 heavy (non-hydrogen) atoms. The van der Waals surface area contributed by atoms with Crippen LogP contribution >= 0.6 is 0 Å². The van der Waals surface area contributed by atoms with Crippen molar-refractivity contribution in [1.82, 2.24) is 15.3 Å². The fraction of sp³-hybridized carbons (Fsp3) is 0.206. The monoisotopic (exact) mass is 622 g/mol. The minimum Gasteiger partial charge on any atom is -0.494 e. The second-order valence-electron chi connectivity index (χ2n) is 10.5. The van der Waals surface area contributed by atoms with E-state index in [1.807, 2.05) is 42.5 Å². The quantitative estimate of drug-likeness (QED) is 0.133. The van der Waals surface area contributed by atoms with Crippen LogP contribution in [0.4, 0.5) is 17.1 Å². The van der Waals surface area contributed by atoms with Gasteiger partial charge < -0.3 is 36.3 Å². The number of aromatic nitrogens is 2. The second-order valence-corrected chi connectivity index (χ2v) is 10.5. The number of aryl methyl sites for hydroxylation is 1. The third-order valence-corrected chi connectivity index (χ3v) is 7.45. The Kier molecular flexibility index (Phi) is 9.29. The molecule has 0 radical (unpaired) electrons. The summed E-state index contributed by atoms with van der Waals surface area (Å²) in [5.74, 6) is -1.26. The highest BCUT2D eigenvalue weighted by Gasteiger charge is 2.23. The highest BCUT2D eigenvalue weighted by Crippen LogP contribution is 2.37. The van der Waals surface area contributed by atoms with Gasteiger partial charge in [0.2, 0.25) is 11.8 Å². The lowest BCUT2D eigenvalue weighted by molar-refractivity contribution is -0.117. The maximum Gasteiger partial charge on any atom is 0.254 e. The van der Waals surface area contributed by atoms with Crippen LogP contribution in [0.3, 0.4) is 0 Å². The molecule has 3 aromatic carbocycles. The zero-order chi connectivity index (χ0) is 33.0. The van der Waals surface area contributed by atoms with Crippen molar-refractivity contribution in [2.45, 2.75) is 32.9 Å². The van der Waals surface area contributed by atoms with Crippen molar-refractivity contribution in [3.63, 3.8) is 0 Å². The first kappa shape index (κ1) is 31.7. The zero-order valence-corrected chi connectivity index (χ0v) is 25.8. The third-order valence-electron chi connectivity index (χ3n) is 7.45. The number of nitrogens with one attached hydrogen (secondary N) is 3. The molecule has 236 valence electrons. The molecule has 12 heteroatoms. The molecule has 2 aromatic heterocycles. The van der Waals surface area contributed by atoms with Crippen molar-refractivity contribution in [2.24, 2.45) is 5.73 Å². The molecular weight excluding hydrogens is 588 g/mol. The number of ether oxygens (including phenoxy) is 2. The minimum absolute atomic E-state index is 0.0202. The molecule has 1 unspecified atom stereocenters. The summed E-state index contributed by atoms with van der Waals surface area (Å²) in [5, 5.41) is 20.7. The number of hydrogen-bond donors (Lipinski definition) is 5. The van der Waals surface area contributed by atoms with E-state index in [2.05, 4.69) is 20.9 Å². The number of anilines is 3. The Morgan fingerprint density at radius 1 is 0.913 bits per heavy atom. The number of nitrogens with two attached hydrogens (primary N) is 1. The number of aliphatic hydroxyl groups is 1. The SMILES string of the molecule is CCc1nc(OC)c(C(N)=O)cc1C(=O)NC(C)C(=O)Nc1cc(CO)cc(Nc2c3ccccc3nc3c(OC)cccc23)c1. The Bertz CT molecular complexity index is 1980. The number of carbonyl (C=O) groups is 3. The molecule has 0 aliphatic carbocycles. The number of para-hydroxylation sites is 2. The molecule has 0 bridgehead atoms. The van der Waals surface area contributed by atoms with Crippen molar-refractivity contribution in [2.75, 3.05) is 24.9 Å². The van der Waals surface area contributed by atoms with Gasteiger partial charge in [0.1, 0.15) is 22.9 Å². The van der Waals surface area contributed by atoms with Crippen LogP contribution in [0.25, 0.3) is 21.8 Å². The molecule has 0 saturated carbocycles. The Morgan fingerprint density at radius 3 is 2.35 bits per heavy atom. The summed E-state index contributed by atoms with van der Waals surface area (Å²) in [6, 6.07) is 18.9. The maximum atomic E-state index is 13.3. The fourth-order valence-corrected chi connectivity index (χ4v) is 5.18. The summed E-state index contributed by atoms with van der Waals surface area (Å²) >= 11 is 0. The number of benzene rings is 3. The number of pyridine rings is 2. The smallest absolute Gasteiger partial charge is 0.254 e. The first-order chi connectivity index (χ1) is 22.2. The fourth-order valence-electron chi connectivity index (χ4n) is 5.18. The van der Waals surface area contributed by atoms with E-state index in [1.165, 1.54) is 20.1 Å². The van der Waals surface area contributed by atoms with Gasteiger partial charge in [-0.15, -0.1) is 0 Å². The van der Waals surface area contributed by atoms with E-state index in [-0.39, 0.29) is 23.6 Å². The predicted octanol–water partition coefficient (Wildman–Crippen LogP) is 4.45. The molecule has 1 atom stereocenters. The molecule has 2 heterocycles. The molecule has 0 aliphatic heterocycles. The number of methoxy groups -OCH3 is 2. The average molecular weight is 623 g/mol. The zero-order valence-electron chi connectivity index (χ0n) is 25.8. The van der Waals surface area contributed by atoms with Gasteiger partial charge in [-0.3, -0.25) is 14.4 Å². The molecule has 0 spiro atoms.